The Labute approximate surface area is 110 Å². The second-order valence-corrected chi connectivity index (χ2v) is 5.64. The molecule has 2 aromatic rings. The quantitative estimate of drug-likeness (QED) is 0.741. The SMILES string of the molecule is CN(c1ccc(-c2ccccc2)cc1)C(C)(C)C. The molecule has 2 aromatic carbocycles. The molecule has 1 nitrogen and oxygen atoms in total. The van der Waals surface area contributed by atoms with Crippen LogP contribution in [0.5, 0.6) is 0 Å². The molecule has 0 bridgehead atoms. The van der Waals surface area contributed by atoms with Crippen molar-refractivity contribution in [2.75, 3.05) is 11.9 Å². The minimum absolute atomic E-state index is 0.147. The first-order chi connectivity index (χ1) is 8.48. The van der Waals surface area contributed by atoms with Crippen LogP contribution in [-0.4, -0.2) is 12.6 Å². The van der Waals surface area contributed by atoms with Gasteiger partial charge in [-0.05, 0) is 44.0 Å². The highest BCUT2D eigenvalue weighted by atomic mass is 15.2. The smallest absolute Gasteiger partial charge is 0.0368 e. The maximum Gasteiger partial charge on any atom is 0.0368 e. The van der Waals surface area contributed by atoms with Crippen LogP contribution in [0.3, 0.4) is 0 Å². The van der Waals surface area contributed by atoms with Crippen LogP contribution in [0.2, 0.25) is 0 Å². The van der Waals surface area contributed by atoms with Gasteiger partial charge in [-0.2, -0.15) is 0 Å². The van der Waals surface area contributed by atoms with Gasteiger partial charge in [-0.1, -0.05) is 42.5 Å². The van der Waals surface area contributed by atoms with Crippen molar-refractivity contribution in [3.8, 4) is 11.1 Å². The molecule has 18 heavy (non-hydrogen) atoms. The van der Waals surface area contributed by atoms with Crippen molar-refractivity contribution in [2.45, 2.75) is 26.3 Å². The summed E-state index contributed by atoms with van der Waals surface area (Å²) >= 11 is 0. The summed E-state index contributed by atoms with van der Waals surface area (Å²) in [7, 11) is 2.14. The van der Waals surface area contributed by atoms with E-state index in [4.69, 9.17) is 0 Å². The largest absolute Gasteiger partial charge is 0.370 e. The number of anilines is 1. The van der Waals surface area contributed by atoms with Crippen molar-refractivity contribution in [2.24, 2.45) is 0 Å². The van der Waals surface area contributed by atoms with Gasteiger partial charge in [0.05, 0.1) is 0 Å². The third-order valence-electron chi connectivity index (χ3n) is 3.37. The molecule has 2 rings (SSSR count). The Morgan fingerprint density at radius 3 is 1.72 bits per heavy atom. The lowest BCUT2D eigenvalue weighted by Crippen LogP contribution is -2.37. The summed E-state index contributed by atoms with van der Waals surface area (Å²) in [4.78, 5) is 2.29. The van der Waals surface area contributed by atoms with E-state index >= 15 is 0 Å². The van der Waals surface area contributed by atoms with Crippen molar-refractivity contribution >= 4 is 5.69 Å². The van der Waals surface area contributed by atoms with Gasteiger partial charge in [0.25, 0.3) is 0 Å². The van der Waals surface area contributed by atoms with E-state index < -0.39 is 0 Å². The molecule has 94 valence electrons. The molecule has 0 radical (unpaired) electrons. The lowest BCUT2D eigenvalue weighted by Gasteiger charge is -2.34. The molecule has 0 fully saturated rings. The maximum atomic E-state index is 2.29. The first kappa shape index (κ1) is 12.7. The van der Waals surface area contributed by atoms with Gasteiger partial charge >= 0.3 is 0 Å². The molecule has 0 spiro atoms. The van der Waals surface area contributed by atoms with E-state index in [9.17, 15) is 0 Å². The zero-order valence-electron chi connectivity index (χ0n) is 11.6. The maximum absolute atomic E-state index is 2.29. The van der Waals surface area contributed by atoms with E-state index in [0.29, 0.717) is 0 Å². The van der Waals surface area contributed by atoms with Gasteiger partial charge in [0.15, 0.2) is 0 Å². The Bertz CT molecular complexity index is 491. The Hall–Kier alpha value is -1.76. The highest BCUT2D eigenvalue weighted by Gasteiger charge is 2.16. The molecule has 0 atom stereocenters. The van der Waals surface area contributed by atoms with Gasteiger partial charge < -0.3 is 4.90 Å². The van der Waals surface area contributed by atoms with Crippen molar-refractivity contribution in [3.05, 3.63) is 54.6 Å². The summed E-state index contributed by atoms with van der Waals surface area (Å²) in [6.45, 7) is 6.66. The van der Waals surface area contributed by atoms with Crippen LogP contribution < -0.4 is 4.90 Å². The lowest BCUT2D eigenvalue weighted by atomic mass is 10.0. The first-order valence-corrected chi connectivity index (χ1v) is 6.38. The van der Waals surface area contributed by atoms with Crippen LogP contribution in [0.15, 0.2) is 54.6 Å². The molecule has 0 aliphatic carbocycles. The minimum atomic E-state index is 0.147. The number of rotatable bonds is 2. The summed E-state index contributed by atoms with van der Waals surface area (Å²) in [6, 6.07) is 19.2. The molecule has 0 saturated carbocycles. The molecule has 0 aliphatic heterocycles. The fourth-order valence-corrected chi connectivity index (χ4v) is 1.90. The van der Waals surface area contributed by atoms with Crippen LogP contribution in [-0.2, 0) is 0 Å². The molecule has 0 unspecified atom stereocenters. The molecule has 0 saturated heterocycles. The molecule has 1 heteroatoms. The summed E-state index contributed by atoms with van der Waals surface area (Å²) in [5.41, 5.74) is 3.93. The van der Waals surface area contributed by atoms with E-state index in [1.54, 1.807) is 0 Å². The molecule has 0 aliphatic rings. The number of benzene rings is 2. The summed E-state index contributed by atoms with van der Waals surface area (Å²) in [5, 5.41) is 0. The Kier molecular flexibility index (Phi) is 3.42. The zero-order chi connectivity index (χ0) is 13.2. The van der Waals surface area contributed by atoms with Gasteiger partial charge in [0, 0.05) is 18.3 Å². The molecule has 0 aromatic heterocycles. The standard InChI is InChI=1S/C17H21N/c1-17(2,3)18(4)16-12-10-15(11-13-16)14-8-6-5-7-9-14/h5-13H,1-4H3. The van der Waals surface area contributed by atoms with Gasteiger partial charge in [0.1, 0.15) is 0 Å². The lowest BCUT2D eigenvalue weighted by molar-refractivity contribution is 0.539. The van der Waals surface area contributed by atoms with E-state index in [-0.39, 0.29) is 5.54 Å². The van der Waals surface area contributed by atoms with Gasteiger partial charge in [-0.15, -0.1) is 0 Å². The predicted octanol–water partition coefficient (Wildman–Crippen LogP) is 4.59. The van der Waals surface area contributed by atoms with Crippen molar-refractivity contribution in [3.63, 3.8) is 0 Å². The van der Waals surface area contributed by atoms with Crippen molar-refractivity contribution in [1.82, 2.24) is 0 Å². The summed E-state index contributed by atoms with van der Waals surface area (Å²) in [5.74, 6) is 0. The highest BCUT2D eigenvalue weighted by molar-refractivity contribution is 5.66. The Morgan fingerprint density at radius 1 is 0.722 bits per heavy atom. The second kappa shape index (κ2) is 4.85. The van der Waals surface area contributed by atoms with Crippen molar-refractivity contribution < 1.29 is 0 Å². The van der Waals surface area contributed by atoms with E-state index in [1.807, 2.05) is 6.07 Å². The first-order valence-electron chi connectivity index (χ1n) is 6.38. The van der Waals surface area contributed by atoms with Crippen LogP contribution in [0.1, 0.15) is 20.8 Å². The monoisotopic (exact) mass is 239 g/mol. The molecular weight excluding hydrogens is 218 g/mol. The second-order valence-electron chi connectivity index (χ2n) is 5.64. The van der Waals surface area contributed by atoms with Crippen LogP contribution in [0, 0.1) is 0 Å². The predicted molar refractivity (Wildman–Crippen MR) is 80.0 cm³/mol. The van der Waals surface area contributed by atoms with Gasteiger partial charge in [-0.3, -0.25) is 0 Å². The Morgan fingerprint density at radius 2 is 1.22 bits per heavy atom. The molecule has 0 heterocycles. The minimum Gasteiger partial charge on any atom is -0.370 e. The fraction of sp³-hybridized carbons (Fsp3) is 0.294. The Balaban J connectivity index is 2.26. The molecule has 0 amide bonds. The van der Waals surface area contributed by atoms with Crippen LogP contribution in [0.25, 0.3) is 11.1 Å². The third kappa shape index (κ3) is 2.73. The zero-order valence-corrected chi connectivity index (χ0v) is 11.6. The van der Waals surface area contributed by atoms with Gasteiger partial charge in [0.2, 0.25) is 0 Å². The van der Waals surface area contributed by atoms with E-state index in [0.717, 1.165) is 0 Å². The molecular formula is C17H21N. The number of hydrogen-bond acceptors (Lipinski definition) is 1. The van der Waals surface area contributed by atoms with E-state index in [1.165, 1.54) is 16.8 Å². The van der Waals surface area contributed by atoms with Crippen molar-refractivity contribution in [1.29, 1.82) is 0 Å². The fourth-order valence-electron chi connectivity index (χ4n) is 1.90. The highest BCUT2D eigenvalue weighted by Crippen LogP contribution is 2.25. The van der Waals surface area contributed by atoms with Crippen LogP contribution in [0.4, 0.5) is 5.69 Å². The third-order valence-corrected chi connectivity index (χ3v) is 3.37. The number of hydrogen-bond donors (Lipinski definition) is 0. The van der Waals surface area contributed by atoms with Gasteiger partial charge in [-0.25, -0.2) is 0 Å². The normalized spacial score (nSPS) is 11.3. The summed E-state index contributed by atoms with van der Waals surface area (Å²) < 4.78 is 0. The van der Waals surface area contributed by atoms with E-state index in [2.05, 4.69) is 81.2 Å². The molecule has 0 N–H and O–H groups in total. The topological polar surface area (TPSA) is 3.24 Å². The van der Waals surface area contributed by atoms with Crippen LogP contribution >= 0.6 is 0 Å². The average Bonchev–Trinajstić information content (AvgIpc) is 2.38. The average molecular weight is 239 g/mol. The number of nitrogens with zero attached hydrogens (tertiary/aromatic N) is 1. The summed E-state index contributed by atoms with van der Waals surface area (Å²) in [6.07, 6.45) is 0.